The van der Waals surface area contributed by atoms with Gasteiger partial charge in [0.15, 0.2) is 0 Å². The van der Waals surface area contributed by atoms with Gasteiger partial charge in [0.2, 0.25) is 0 Å². The van der Waals surface area contributed by atoms with E-state index in [1.54, 1.807) is 0 Å². The van der Waals surface area contributed by atoms with Crippen molar-refractivity contribution in [2.75, 3.05) is 19.6 Å². The SMILES string of the molecule is CCC(C)N(CC)CCCNC(C)C. The molecule has 1 atom stereocenters. The van der Waals surface area contributed by atoms with E-state index < -0.39 is 0 Å². The highest BCUT2D eigenvalue weighted by Crippen LogP contribution is 2.03. The summed E-state index contributed by atoms with van der Waals surface area (Å²) in [5.74, 6) is 0. The van der Waals surface area contributed by atoms with E-state index in [0.717, 1.165) is 12.6 Å². The van der Waals surface area contributed by atoms with Crippen molar-refractivity contribution < 1.29 is 0 Å². The second-order valence-corrected chi connectivity index (χ2v) is 4.35. The molecule has 0 spiro atoms. The smallest absolute Gasteiger partial charge is 0.00641 e. The summed E-state index contributed by atoms with van der Waals surface area (Å²) in [6.07, 6.45) is 2.52. The third kappa shape index (κ3) is 6.39. The van der Waals surface area contributed by atoms with Crippen molar-refractivity contribution in [3.05, 3.63) is 0 Å². The lowest BCUT2D eigenvalue weighted by Gasteiger charge is -2.27. The third-order valence-corrected chi connectivity index (χ3v) is 2.80. The van der Waals surface area contributed by atoms with Crippen molar-refractivity contribution in [3.63, 3.8) is 0 Å². The van der Waals surface area contributed by atoms with Gasteiger partial charge in [-0.15, -0.1) is 0 Å². The van der Waals surface area contributed by atoms with Gasteiger partial charge in [-0.1, -0.05) is 27.7 Å². The number of hydrogen-bond donors (Lipinski definition) is 1. The Kier molecular flexibility index (Phi) is 8.20. The summed E-state index contributed by atoms with van der Waals surface area (Å²) in [7, 11) is 0. The molecule has 0 fully saturated rings. The summed E-state index contributed by atoms with van der Waals surface area (Å²) in [6, 6.07) is 1.35. The van der Waals surface area contributed by atoms with Crippen molar-refractivity contribution in [2.45, 2.75) is 59.5 Å². The summed E-state index contributed by atoms with van der Waals surface area (Å²) in [5, 5.41) is 3.46. The fourth-order valence-corrected chi connectivity index (χ4v) is 1.62. The fourth-order valence-electron chi connectivity index (χ4n) is 1.62. The molecule has 0 saturated heterocycles. The van der Waals surface area contributed by atoms with Gasteiger partial charge < -0.3 is 10.2 Å². The van der Waals surface area contributed by atoms with Crippen LogP contribution in [0.2, 0.25) is 0 Å². The van der Waals surface area contributed by atoms with Gasteiger partial charge in [-0.25, -0.2) is 0 Å². The van der Waals surface area contributed by atoms with Crippen molar-refractivity contribution in [1.29, 1.82) is 0 Å². The maximum absolute atomic E-state index is 3.46. The Bertz CT molecular complexity index is 123. The summed E-state index contributed by atoms with van der Waals surface area (Å²) in [5.41, 5.74) is 0. The van der Waals surface area contributed by atoms with E-state index in [2.05, 4.69) is 44.8 Å². The molecule has 0 aromatic heterocycles. The van der Waals surface area contributed by atoms with Crippen LogP contribution in [0.5, 0.6) is 0 Å². The molecule has 0 aromatic carbocycles. The average Bonchev–Trinajstić information content (AvgIpc) is 2.16. The van der Waals surface area contributed by atoms with E-state index in [1.807, 2.05) is 0 Å². The lowest BCUT2D eigenvalue weighted by atomic mass is 10.2. The summed E-state index contributed by atoms with van der Waals surface area (Å²) >= 11 is 0. The standard InChI is InChI=1S/C12H28N2/c1-6-12(5)14(7-2)10-8-9-13-11(3)4/h11-13H,6-10H2,1-5H3. The molecular formula is C12H28N2. The molecule has 0 aliphatic rings. The molecule has 2 nitrogen and oxygen atoms in total. The zero-order chi connectivity index (χ0) is 11.0. The number of rotatable bonds is 8. The van der Waals surface area contributed by atoms with Crippen molar-refractivity contribution in [1.82, 2.24) is 10.2 Å². The number of hydrogen-bond acceptors (Lipinski definition) is 2. The van der Waals surface area contributed by atoms with Crippen LogP contribution in [-0.2, 0) is 0 Å². The quantitative estimate of drug-likeness (QED) is 0.606. The Morgan fingerprint density at radius 2 is 1.79 bits per heavy atom. The van der Waals surface area contributed by atoms with Gasteiger partial charge in [0, 0.05) is 12.1 Å². The van der Waals surface area contributed by atoms with E-state index in [4.69, 9.17) is 0 Å². The summed E-state index contributed by atoms with van der Waals surface area (Å²) < 4.78 is 0. The minimum absolute atomic E-state index is 0.619. The zero-order valence-corrected chi connectivity index (χ0v) is 10.6. The third-order valence-electron chi connectivity index (χ3n) is 2.80. The molecule has 0 heterocycles. The molecule has 2 heteroatoms. The molecule has 0 radical (unpaired) electrons. The first-order chi connectivity index (χ1) is 6.61. The fraction of sp³-hybridized carbons (Fsp3) is 1.00. The lowest BCUT2D eigenvalue weighted by molar-refractivity contribution is 0.211. The minimum Gasteiger partial charge on any atom is -0.314 e. The molecular weight excluding hydrogens is 172 g/mol. The van der Waals surface area contributed by atoms with E-state index in [9.17, 15) is 0 Å². The van der Waals surface area contributed by atoms with Gasteiger partial charge in [-0.2, -0.15) is 0 Å². The Morgan fingerprint density at radius 1 is 1.14 bits per heavy atom. The molecule has 1 N–H and O–H groups in total. The average molecular weight is 200 g/mol. The van der Waals surface area contributed by atoms with Gasteiger partial charge in [-0.3, -0.25) is 0 Å². The number of nitrogens with one attached hydrogen (secondary N) is 1. The number of nitrogens with zero attached hydrogens (tertiary/aromatic N) is 1. The topological polar surface area (TPSA) is 15.3 Å². The highest BCUT2D eigenvalue weighted by atomic mass is 15.1. The maximum atomic E-state index is 3.46. The maximum Gasteiger partial charge on any atom is 0.00641 e. The Morgan fingerprint density at radius 3 is 2.21 bits per heavy atom. The normalized spacial score (nSPS) is 13.9. The highest BCUT2D eigenvalue weighted by Gasteiger charge is 2.08. The first-order valence-electron chi connectivity index (χ1n) is 6.09. The molecule has 0 aliphatic carbocycles. The van der Waals surface area contributed by atoms with Gasteiger partial charge in [0.25, 0.3) is 0 Å². The molecule has 0 aromatic rings. The van der Waals surface area contributed by atoms with Crippen molar-refractivity contribution >= 4 is 0 Å². The van der Waals surface area contributed by atoms with E-state index in [0.29, 0.717) is 6.04 Å². The molecule has 1 unspecified atom stereocenters. The Hall–Kier alpha value is -0.0800. The molecule has 0 amide bonds. The summed E-state index contributed by atoms with van der Waals surface area (Å²) in [4.78, 5) is 2.56. The lowest BCUT2D eigenvalue weighted by Crippen LogP contribution is -2.35. The molecule has 0 bridgehead atoms. The molecule has 14 heavy (non-hydrogen) atoms. The van der Waals surface area contributed by atoms with Gasteiger partial charge in [0.1, 0.15) is 0 Å². The van der Waals surface area contributed by atoms with Gasteiger partial charge in [-0.05, 0) is 39.4 Å². The van der Waals surface area contributed by atoms with Crippen LogP contribution in [-0.4, -0.2) is 36.6 Å². The van der Waals surface area contributed by atoms with Crippen LogP contribution in [0.15, 0.2) is 0 Å². The van der Waals surface area contributed by atoms with E-state index in [1.165, 1.54) is 25.9 Å². The zero-order valence-electron chi connectivity index (χ0n) is 10.6. The Balaban J connectivity index is 3.52. The second-order valence-electron chi connectivity index (χ2n) is 4.35. The van der Waals surface area contributed by atoms with Gasteiger partial charge in [0.05, 0.1) is 0 Å². The van der Waals surface area contributed by atoms with E-state index >= 15 is 0 Å². The second kappa shape index (κ2) is 8.25. The monoisotopic (exact) mass is 200 g/mol. The predicted molar refractivity (Wildman–Crippen MR) is 64.8 cm³/mol. The van der Waals surface area contributed by atoms with Crippen LogP contribution in [0.25, 0.3) is 0 Å². The largest absolute Gasteiger partial charge is 0.314 e. The van der Waals surface area contributed by atoms with Crippen LogP contribution in [0.1, 0.15) is 47.5 Å². The van der Waals surface area contributed by atoms with Crippen LogP contribution in [0.4, 0.5) is 0 Å². The van der Waals surface area contributed by atoms with Crippen LogP contribution in [0, 0.1) is 0 Å². The van der Waals surface area contributed by atoms with Crippen LogP contribution < -0.4 is 5.32 Å². The summed E-state index contributed by atoms with van der Waals surface area (Å²) in [6.45, 7) is 14.8. The highest BCUT2D eigenvalue weighted by molar-refractivity contribution is 4.65. The first kappa shape index (κ1) is 13.9. The molecule has 86 valence electrons. The Labute approximate surface area is 90.1 Å². The van der Waals surface area contributed by atoms with Gasteiger partial charge >= 0.3 is 0 Å². The molecule has 0 saturated carbocycles. The van der Waals surface area contributed by atoms with Crippen molar-refractivity contribution in [2.24, 2.45) is 0 Å². The van der Waals surface area contributed by atoms with E-state index in [-0.39, 0.29) is 0 Å². The molecule has 0 aliphatic heterocycles. The minimum atomic E-state index is 0.619. The molecule has 0 rings (SSSR count). The van der Waals surface area contributed by atoms with Crippen LogP contribution >= 0.6 is 0 Å². The van der Waals surface area contributed by atoms with Crippen LogP contribution in [0.3, 0.4) is 0 Å². The predicted octanol–water partition coefficient (Wildman–Crippen LogP) is 2.49. The van der Waals surface area contributed by atoms with Crippen molar-refractivity contribution in [3.8, 4) is 0 Å². The first-order valence-corrected chi connectivity index (χ1v) is 6.09.